The molecule has 0 aromatic heterocycles. The van der Waals surface area contributed by atoms with Gasteiger partial charge in [0.15, 0.2) is 0 Å². The zero-order valence-electron chi connectivity index (χ0n) is 11.7. The molecule has 110 valence electrons. The lowest BCUT2D eigenvalue weighted by molar-refractivity contribution is -0.127. The molecular formula is C14H19IN2O2S. The van der Waals surface area contributed by atoms with Crippen molar-refractivity contribution in [2.45, 2.75) is 13.8 Å². The van der Waals surface area contributed by atoms with Crippen molar-refractivity contribution in [3.05, 3.63) is 27.8 Å². The van der Waals surface area contributed by atoms with Crippen LogP contribution in [0.5, 0.6) is 0 Å². The molecule has 0 aliphatic heterocycles. The molecule has 0 unspecified atom stereocenters. The lowest BCUT2D eigenvalue weighted by atomic mass is 10.3. The molecule has 20 heavy (non-hydrogen) atoms. The first-order valence-corrected chi connectivity index (χ1v) is 8.71. The zero-order chi connectivity index (χ0) is 15.0. The van der Waals surface area contributed by atoms with Crippen LogP contribution in [0.25, 0.3) is 0 Å². The average molecular weight is 406 g/mol. The summed E-state index contributed by atoms with van der Waals surface area (Å²) in [5.41, 5.74) is 0.789. The Morgan fingerprint density at radius 1 is 1.25 bits per heavy atom. The lowest BCUT2D eigenvalue weighted by Crippen LogP contribution is -2.32. The molecule has 1 aromatic carbocycles. The summed E-state index contributed by atoms with van der Waals surface area (Å²) in [7, 11) is 0. The van der Waals surface area contributed by atoms with Gasteiger partial charge in [0.1, 0.15) is 0 Å². The number of hydrogen-bond donors (Lipinski definition) is 1. The molecule has 0 atom stereocenters. The van der Waals surface area contributed by atoms with Crippen LogP contribution in [0.2, 0.25) is 0 Å². The first kappa shape index (κ1) is 17.3. The van der Waals surface area contributed by atoms with Crippen molar-refractivity contribution < 1.29 is 9.59 Å². The van der Waals surface area contributed by atoms with E-state index in [4.69, 9.17) is 0 Å². The van der Waals surface area contributed by atoms with Crippen LogP contribution in [-0.2, 0) is 9.59 Å². The smallest absolute Gasteiger partial charge is 0.234 e. The fourth-order valence-corrected chi connectivity index (χ4v) is 2.92. The third-order valence-corrected chi connectivity index (χ3v) is 4.27. The third kappa shape index (κ3) is 6.13. The molecule has 0 saturated heterocycles. The number of hydrogen-bond acceptors (Lipinski definition) is 3. The second-order valence-corrected chi connectivity index (χ2v) is 6.35. The Hall–Kier alpha value is -0.760. The third-order valence-electron chi connectivity index (χ3n) is 2.68. The van der Waals surface area contributed by atoms with Gasteiger partial charge >= 0.3 is 0 Å². The van der Waals surface area contributed by atoms with E-state index in [2.05, 4.69) is 27.9 Å². The van der Waals surface area contributed by atoms with Gasteiger partial charge in [-0.3, -0.25) is 9.59 Å². The Bertz CT molecular complexity index is 464. The van der Waals surface area contributed by atoms with Crippen LogP contribution in [0.1, 0.15) is 13.8 Å². The van der Waals surface area contributed by atoms with Crippen molar-refractivity contribution in [2.75, 3.05) is 29.9 Å². The van der Waals surface area contributed by atoms with E-state index in [9.17, 15) is 9.59 Å². The van der Waals surface area contributed by atoms with Crippen molar-refractivity contribution in [3.8, 4) is 0 Å². The van der Waals surface area contributed by atoms with Crippen LogP contribution in [0.4, 0.5) is 5.69 Å². The minimum atomic E-state index is -0.0793. The van der Waals surface area contributed by atoms with Gasteiger partial charge in [0, 0.05) is 22.3 Å². The molecule has 0 saturated carbocycles. The van der Waals surface area contributed by atoms with E-state index in [0.717, 1.165) is 9.26 Å². The summed E-state index contributed by atoms with van der Waals surface area (Å²) in [6.07, 6.45) is 0. The molecule has 6 heteroatoms. The molecular weight excluding hydrogens is 387 g/mol. The fraction of sp³-hybridized carbons (Fsp3) is 0.429. The summed E-state index contributed by atoms with van der Waals surface area (Å²) in [6.45, 7) is 5.33. The van der Waals surface area contributed by atoms with Crippen molar-refractivity contribution in [1.82, 2.24) is 4.90 Å². The van der Waals surface area contributed by atoms with Crippen LogP contribution in [-0.4, -0.2) is 41.3 Å². The predicted molar refractivity (Wildman–Crippen MR) is 93.0 cm³/mol. The van der Waals surface area contributed by atoms with E-state index in [1.807, 2.05) is 38.1 Å². The van der Waals surface area contributed by atoms with Crippen molar-refractivity contribution in [2.24, 2.45) is 0 Å². The normalized spacial score (nSPS) is 10.2. The fourth-order valence-electron chi connectivity index (χ4n) is 1.66. The van der Waals surface area contributed by atoms with E-state index in [1.54, 1.807) is 4.90 Å². The standard InChI is InChI=1S/C14H19IN2O2S/c1-3-17(4-2)14(19)10-20-9-13(18)16-12-7-5-6-11(15)8-12/h5-8H,3-4,9-10H2,1-2H3,(H,16,18). The van der Waals surface area contributed by atoms with Gasteiger partial charge in [0.2, 0.25) is 11.8 Å². The Morgan fingerprint density at radius 3 is 2.55 bits per heavy atom. The quantitative estimate of drug-likeness (QED) is 0.709. The van der Waals surface area contributed by atoms with Gasteiger partial charge in [-0.1, -0.05) is 6.07 Å². The summed E-state index contributed by atoms with van der Waals surface area (Å²) in [6, 6.07) is 7.62. The monoisotopic (exact) mass is 406 g/mol. The van der Waals surface area contributed by atoms with Crippen LogP contribution >= 0.6 is 34.4 Å². The van der Waals surface area contributed by atoms with E-state index in [0.29, 0.717) is 24.6 Å². The molecule has 1 N–H and O–H groups in total. The minimum Gasteiger partial charge on any atom is -0.343 e. The molecule has 1 aromatic rings. The van der Waals surface area contributed by atoms with Gasteiger partial charge in [0.05, 0.1) is 11.5 Å². The molecule has 0 radical (unpaired) electrons. The first-order valence-electron chi connectivity index (χ1n) is 6.47. The Morgan fingerprint density at radius 2 is 1.95 bits per heavy atom. The maximum atomic E-state index is 11.8. The van der Waals surface area contributed by atoms with Crippen molar-refractivity contribution in [3.63, 3.8) is 0 Å². The van der Waals surface area contributed by atoms with Crippen molar-refractivity contribution >= 4 is 51.9 Å². The Balaban J connectivity index is 2.32. The number of carbonyl (C=O) groups excluding carboxylic acids is 2. The highest BCUT2D eigenvalue weighted by Crippen LogP contribution is 2.13. The van der Waals surface area contributed by atoms with Crippen LogP contribution < -0.4 is 5.32 Å². The zero-order valence-corrected chi connectivity index (χ0v) is 14.7. The topological polar surface area (TPSA) is 49.4 Å². The number of nitrogens with one attached hydrogen (secondary N) is 1. The van der Waals surface area contributed by atoms with Crippen molar-refractivity contribution in [1.29, 1.82) is 0 Å². The number of rotatable bonds is 7. The second kappa shape index (κ2) is 9.23. The first-order chi connectivity index (χ1) is 9.56. The van der Waals surface area contributed by atoms with E-state index in [1.165, 1.54) is 11.8 Å². The molecule has 0 fully saturated rings. The van der Waals surface area contributed by atoms with Gasteiger partial charge in [-0.25, -0.2) is 0 Å². The molecule has 0 aliphatic carbocycles. The van der Waals surface area contributed by atoms with Gasteiger partial charge in [-0.2, -0.15) is 0 Å². The van der Waals surface area contributed by atoms with Gasteiger partial charge in [0.25, 0.3) is 0 Å². The largest absolute Gasteiger partial charge is 0.343 e. The summed E-state index contributed by atoms with van der Waals surface area (Å²) in [5, 5.41) is 2.82. The predicted octanol–water partition coefficient (Wildman–Crippen LogP) is 2.83. The van der Waals surface area contributed by atoms with Crippen LogP contribution in [0, 0.1) is 3.57 Å². The number of thioether (sulfide) groups is 1. The molecule has 0 bridgehead atoms. The molecule has 4 nitrogen and oxygen atoms in total. The minimum absolute atomic E-state index is 0.0793. The highest BCUT2D eigenvalue weighted by atomic mass is 127. The highest BCUT2D eigenvalue weighted by molar-refractivity contribution is 14.1. The van der Waals surface area contributed by atoms with E-state index >= 15 is 0 Å². The summed E-state index contributed by atoms with van der Waals surface area (Å²) in [4.78, 5) is 25.3. The molecule has 0 spiro atoms. The summed E-state index contributed by atoms with van der Waals surface area (Å²) >= 11 is 3.55. The van der Waals surface area contributed by atoms with E-state index in [-0.39, 0.29) is 11.8 Å². The lowest BCUT2D eigenvalue weighted by Gasteiger charge is -2.18. The van der Waals surface area contributed by atoms with Gasteiger partial charge in [-0.15, -0.1) is 11.8 Å². The number of carbonyl (C=O) groups is 2. The molecule has 2 amide bonds. The number of benzene rings is 1. The van der Waals surface area contributed by atoms with Crippen LogP contribution in [0.3, 0.4) is 0 Å². The maximum absolute atomic E-state index is 11.8. The van der Waals surface area contributed by atoms with Gasteiger partial charge < -0.3 is 10.2 Å². The number of nitrogens with zero attached hydrogens (tertiary/aromatic N) is 1. The molecule has 0 heterocycles. The number of halogens is 1. The highest BCUT2D eigenvalue weighted by Gasteiger charge is 2.10. The van der Waals surface area contributed by atoms with Crippen LogP contribution in [0.15, 0.2) is 24.3 Å². The molecule has 1 rings (SSSR count). The number of anilines is 1. The Kier molecular flexibility index (Phi) is 7.98. The Labute approximate surface area is 137 Å². The summed E-state index contributed by atoms with van der Waals surface area (Å²) in [5.74, 6) is 0.645. The SMILES string of the molecule is CCN(CC)C(=O)CSCC(=O)Nc1cccc(I)c1. The second-order valence-electron chi connectivity index (χ2n) is 4.12. The average Bonchev–Trinajstić information content (AvgIpc) is 2.40. The van der Waals surface area contributed by atoms with E-state index < -0.39 is 0 Å². The summed E-state index contributed by atoms with van der Waals surface area (Å²) < 4.78 is 1.07. The molecule has 0 aliphatic rings. The number of amides is 2. The maximum Gasteiger partial charge on any atom is 0.234 e. The van der Waals surface area contributed by atoms with Gasteiger partial charge in [-0.05, 0) is 54.6 Å².